The minimum atomic E-state index is 0.435. The van der Waals surface area contributed by atoms with Gasteiger partial charge in [-0.3, -0.25) is 0 Å². The van der Waals surface area contributed by atoms with Gasteiger partial charge in [-0.1, -0.05) is 11.6 Å². The van der Waals surface area contributed by atoms with Crippen LogP contribution in [-0.4, -0.2) is 21.9 Å². The van der Waals surface area contributed by atoms with Gasteiger partial charge in [-0.2, -0.15) is 5.10 Å². The van der Waals surface area contributed by atoms with Crippen molar-refractivity contribution in [3.05, 3.63) is 41.4 Å². The van der Waals surface area contributed by atoms with Crippen LogP contribution < -0.4 is 0 Å². The third-order valence-corrected chi connectivity index (χ3v) is 2.21. The summed E-state index contributed by atoms with van der Waals surface area (Å²) in [7, 11) is 1.63. The van der Waals surface area contributed by atoms with Gasteiger partial charge in [-0.05, 0) is 18.2 Å². The fourth-order valence-electron chi connectivity index (χ4n) is 1.27. The zero-order valence-electron chi connectivity index (χ0n) is 8.22. The smallest absolute Gasteiger partial charge is 0.154 e. The predicted molar refractivity (Wildman–Crippen MR) is 57.1 cm³/mol. The second-order valence-corrected chi connectivity index (χ2v) is 3.36. The highest BCUT2D eigenvalue weighted by atomic mass is 35.5. The summed E-state index contributed by atoms with van der Waals surface area (Å²) in [6.45, 7) is 0.491. The first-order valence-electron chi connectivity index (χ1n) is 4.45. The molecule has 0 unspecified atom stereocenters. The van der Waals surface area contributed by atoms with Crippen LogP contribution in [0.5, 0.6) is 0 Å². The Kier molecular flexibility index (Phi) is 2.99. The van der Waals surface area contributed by atoms with Crippen LogP contribution in [0.1, 0.15) is 5.69 Å². The van der Waals surface area contributed by atoms with Crippen LogP contribution >= 0.6 is 11.6 Å². The van der Waals surface area contributed by atoms with E-state index in [4.69, 9.17) is 16.3 Å². The molecule has 0 saturated heterocycles. The molecule has 2 aromatic heterocycles. The topological polar surface area (TPSA) is 39.9 Å². The number of methoxy groups -OCH3 is 1. The lowest BCUT2D eigenvalue weighted by molar-refractivity contribution is 0.181. The van der Waals surface area contributed by atoms with E-state index in [1.54, 1.807) is 18.0 Å². The van der Waals surface area contributed by atoms with Crippen molar-refractivity contribution in [1.82, 2.24) is 14.8 Å². The molecule has 5 heteroatoms. The quantitative estimate of drug-likeness (QED) is 0.748. The van der Waals surface area contributed by atoms with Gasteiger partial charge in [0.25, 0.3) is 0 Å². The van der Waals surface area contributed by atoms with Crippen molar-refractivity contribution in [2.75, 3.05) is 7.11 Å². The molecule has 0 saturated carbocycles. The average molecular weight is 224 g/mol. The van der Waals surface area contributed by atoms with Crippen molar-refractivity contribution in [3.63, 3.8) is 0 Å². The van der Waals surface area contributed by atoms with Crippen molar-refractivity contribution in [2.24, 2.45) is 0 Å². The Morgan fingerprint density at radius 2 is 2.33 bits per heavy atom. The SMILES string of the molecule is COCc1ccn(-c2cccnc2Cl)n1. The Hall–Kier alpha value is -1.39. The van der Waals surface area contributed by atoms with E-state index in [2.05, 4.69) is 10.1 Å². The van der Waals surface area contributed by atoms with Gasteiger partial charge in [-0.15, -0.1) is 0 Å². The van der Waals surface area contributed by atoms with Crippen molar-refractivity contribution in [1.29, 1.82) is 0 Å². The molecule has 0 aliphatic rings. The number of hydrogen-bond acceptors (Lipinski definition) is 3. The van der Waals surface area contributed by atoms with E-state index in [0.29, 0.717) is 11.8 Å². The maximum atomic E-state index is 5.94. The standard InChI is InChI=1S/C10H10ClN3O/c1-15-7-8-4-6-14(13-8)9-3-2-5-12-10(9)11/h2-6H,7H2,1H3. The second-order valence-electron chi connectivity index (χ2n) is 3.00. The molecular formula is C10H10ClN3O. The maximum Gasteiger partial charge on any atom is 0.154 e. The maximum absolute atomic E-state index is 5.94. The molecule has 0 aliphatic carbocycles. The molecule has 0 amide bonds. The fraction of sp³-hybridized carbons (Fsp3) is 0.200. The largest absolute Gasteiger partial charge is 0.378 e. The van der Waals surface area contributed by atoms with Crippen molar-refractivity contribution >= 4 is 11.6 Å². The van der Waals surface area contributed by atoms with Crippen LogP contribution in [-0.2, 0) is 11.3 Å². The van der Waals surface area contributed by atoms with Crippen LogP contribution in [0, 0.1) is 0 Å². The van der Waals surface area contributed by atoms with E-state index in [1.807, 2.05) is 24.4 Å². The van der Waals surface area contributed by atoms with Crippen LogP contribution in [0.4, 0.5) is 0 Å². The normalized spacial score (nSPS) is 10.5. The molecule has 0 N–H and O–H groups in total. The van der Waals surface area contributed by atoms with Gasteiger partial charge in [0.15, 0.2) is 5.15 Å². The van der Waals surface area contributed by atoms with Gasteiger partial charge in [0.2, 0.25) is 0 Å². The lowest BCUT2D eigenvalue weighted by Gasteiger charge is -2.01. The minimum absolute atomic E-state index is 0.435. The molecular weight excluding hydrogens is 214 g/mol. The molecule has 4 nitrogen and oxygen atoms in total. The van der Waals surface area contributed by atoms with Crippen LogP contribution in [0.25, 0.3) is 5.69 Å². The first kappa shape index (κ1) is 10.1. The number of pyridine rings is 1. The van der Waals surface area contributed by atoms with Gasteiger partial charge in [0.1, 0.15) is 5.69 Å². The first-order chi connectivity index (χ1) is 7.31. The fourth-order valence-corrected chi connectivity index (χ4v) is 1.48. The lowest BCUT2D eigenvalue weighted by Crippen LogP contribution is -1.98. The van der Waals surface area contributed by atoms with E-state index in [-0.39, 0.29) is 0 Å². The number of hydrogen-bond donors (Lipinski definition) is 0. The molecule has 15 heavy (non-hydrogen) atoms. The number of ether oxygens (including phenoxy) is 1. The highest BCUT2D eigenvalue weighted by Gasteiger charge is 2.04. The molecule has 0 spiro atoms. The van der Waals surface area contributed by atoms with Gasteiger partial charge in [0.05, 0.1) is 12.3 Å². The molecule has 0 bridgehead atoms. The molecule has 0 aliphatic heterocycles. The Balaban J connectivity index is 2.33. The second kappa shape index (κ2) is 4.42. The summed E-state index contributed by atoms with van der Waals surface area (Å²) in [5.41, 5.74) is 1.62. The van der Waals surface area contributed by atoms with Crippen LogP contribution in [0.15, 0.2) is 30.6 Å². The van der Waals surface area contributed by atoms with Crippen molar-refractivity contribution in [3.8, 4) is 5.69 Å². The summed E-state index contributed by atoms with van der Waals surface area (Å²) < 4.78 is 6.67. The summed E-state index contributed by atoms with van der Waals surface area (Å²) in [5, 5.41) is 4.73. The Bertz CT molecular complexity index is 455. The van der Waals surface area contributed by atoms with Crippen LogP contribution in [0.3, 0.4) is 0 Å². The monoisotopic (exact) mass is 223 g/mol. The van der Waals surface area contributed by atoms with Gasteiger partial charge in [0, 0.05) is 19.5 Å². The average Bonchev–Trinajstić information content (AvgIpc) is 2.68. The summed E-state index contributed by atoms with van der Waals surface area (Å²) in [5.74, 6) is 0. The molecule has 78 valence electrons. The summed E-state index contributed by atoms with van der Waals surface area (Å²) in [4.78, 5) is 3.98. The predicted octanol–water partition coefficient (Wildman–Crippen LogP) is 2.07. The summed E-state index contributed by atoms with van der Waals surface area (Å²) in [6.07, 6.45) is 3.47. The van der Waals surface area contributed by atoms with E-state index in [1.165, 1.54) is 0 Å². The van der Waals surface area contributed by atoms with Gasteiger partial charge >= 0.3 is 0 Å². The van der Waals surface area contributed by atoms with E-state index < -0.39 is 0 Å². The summed E-state index contributed by atoms with van der Waals surface area (Å²) >= 11 is 5.94. The molecule has 0 radical (unpaired) electrons. The molecule has 0 aromatic carbocycles. The summed E-state index contributed by atoms with van der Waals surface area (Å²) in [6, 6.07) is 5.56. The number of aromatic nitrogens is 3. The zero-order valence-corrected chi connectivity index (χ0v) is 8.98. The lowest BCUT2D eigenvalue weighted by atomic mass is 10.4. The number of nitrogens with zero attached hydrogens (tertiary/aromatic N) is 3. The molecule has 0 atom stereocenters. The molecule has 0 fully saturated rings. The van der Waals surface area contributed by atoms with Gasteiger partial charge in [-0.25, -0.2) is 9.67 Å². The Labute approximate surface area is 92.5 Å². The molecule has 2 aromatic rings. The highest BCUT2D eigenvalue weighted by molar-refractivity contribution is 6.31. The highest BCUT2D eigenvalue weighted by Crippen LogP contribution is 2.16. The number of halogens is 1. The molecule has 2 rings (SSSR count). The van der Waals surface area contributed by atoms with E-state index in [9.17, 15) is 0 Å². The zero-order chi connectivity index (χ0) is 10.7. The van der Waals surface area contributed by atoms with Crippen molar-refractivity contribution < 1.29 is 4.74 Å². The Morgan fingerprint density at radius 3 is 3.07 bits per heavy atom. The third kappa shape index (κ3) is 2.16. The van der Waals surface area contributed by atoms with E-state index >= 15 is 0 Å². The third-order valence-electron chi connectivity index (χ3n) is 1.92. The Morgan fingerprint density at radius 1 is 1.47 bits per heavy atom. The minimum Gasteiger partial charge on any atom is -0.378 e. The first-order valence-corrected chi connectivity index (χ1v) is 4.83. The number of rotatable bonds is 3. The van der Waals surface area contributed by atoms with E-state index in [0.717, 1.165) is 11.4 Å². The van der Waals surface area contributed by atoms with Crippen molar-refractivity contribution in [2.45, 2.75) is 6.61 Å². The van der Waals surface area contributed by atoms with Crippen LogP contribution in [0.2, 0.25) is 5.15 Å². The molecule has 2 heterocycles. The van der Waals surface area contributed by atoms with Gasteiger partial charge < -0.3 is 4.74 Å².